The number of anilines is 1. The first-order chi connectivity index (χ1) is 9.66. The Hall–Kier alpha value is -0.960. The summed E-state index contributed by atoms with van der Waals surface area (Å²) in [6.07, 6.45) is -0.559. The highest BCUT2D eigenvalue weighted by atomic mass is 32.1. The normalized spacial score (nSPS) is 17.5. The molecule has 1 aliphatic rings. The summed E-state index contributed by atoms with van der Waals surface area (Å²) in [6, 6.07) is 0.342. The van der Waals surface area contributed by atoms with Crippen molar-refractivity contribution in [3.8, 4) is 5.88 Å². The van der Waals surface area contributed by atoms with Gasteiger partial charge in [0.05, 0.1) is 24.9 Å². The van der Waals surface area contributed by atoms with Crippen LogP contribution in [0.2, 0.25) is 0 Å². The molecule has 0 spiro atoms. The summed E-state index contributed by atoms with van der Waals surface area (Å²) >= 11 is 1.13. The molecule has 1 fully saturated rings. The average Bonchev–Trinajstić information content (AvgIpc) is 2.92. The fraction of sp³-hybridized carbons (Fsp3) is 0.833. The molecule has 2 N–H and O–H groups in total. The summed E-state index contributed by atoms with van der Waals surface area (Å²) in [6.45, 7) is 7.75. The maximum absolute atomic E-state index is 9.83. The van der Waals surface area contributed by atoms with E-state index in [1.54, 1.807) is 0 Å². The maximum Gasteiger partial charge on any atom is 0.270 e. The molecule has 1 saturated heterocycles. The lowest BCUT2D eigenvalue weighted by molar-refractivity contribution is 0.102. The molecule has 8 heteroatoms. The molecule has 114 valence electrons. The number of rotatable bonds is 7. The monoisotopic (exact) mass is 302 g/mol. The minimum absolute atomic E-state index is 0.211. The predicted molar refractivity (Wildman–Crippen MR) is 77.6 cm³/mol. The standard InChI is InChI=1S/C12H22N4O3S/c1-9(2)13-7-10(17)8-19-12-11(14-20-15-12)16-3-5-18-6-4-16/h9-10,13,17H,3-8H2,1-2H3. The van der Waals surface area contributed by atoms with E-state index in [-0.39, 0.29) is 6.61 Å². The molecule has 2 heterocycles. The highest BCUT2D eigenvalue weighted by Crippen LogP contribution is 2.26. The number of ether oxygens (including phenoxy) is 2. The Labute approximate surface area is 123 Å². The summed E-state index contributed by atoms with van der Waals surface area (Å²) < 4.78 is 19.3. The minimum atomic E-state index is -0.559. The third-order valence-corrected chi connectivity index (χ3v) is 3.43. The number of morpholine rings is 1. The molecule has 0 saturated carbocycles. The molecule has 1 aromatic heterocycles. The molecule has 1 aliphatic heterocycles. The Kier molecular flexibility index (Phi) is 5.96. The third kappa shape index (κ3) is 4.55. The van der Waals surface area contributed by atoms with Crippen LogP contribution >= 0.6 is 11.7 Å². The molecular weight excluding hydrogens is 280 g/mol. The van der Waals surface area contributed by atoms with Crippen LogP contribution in [0.25, 0.3) is 0 Å². The zero-order valence-electron chi connectivity index (χ0n) is 11.9. The molecule has 1 aromatic rings. The summed E-state index contributed by atoms with van der Waals surface area (Å²) in [5.74, 6) is 1.25. The van der Waals surface area contributed by atoms with Gasteiger partial charge in [-0.2, -0.15) is 4.37 Å². The molecule has 1 atom stereocenters. The Balaban J connectivity index is 1.82. The maximum atomic E-state index is 9.83. The van der Waals surface area contributed by atoms with Gasteiger partial charge in [-0.15, -0.1) is 4.37 Å². The molecule has 2 rings (SSSR count). The van der Waals surface area contributed by atoms with Crippen LogP contribution in [0.5, 0.6) is 5.88 Å². The second kappa shape index (κ2) is 7.72. The quantitative estimate of drug-likeness (QED) is 0.740. The average molecular weight is 302 g/mol. The van der Waals surface area contributed by atoms with Gasteiger partial charge in [0.15, 0.2) is 0 Å². The van der Waals surface area contributed by atoms with Crippen LogP contribution in [0.1, 0.15) is 13.8 Å². The van der Waals surface area contributed by atoms with Crippen molar-refractivity contribution in [2.45, 2.75) is 26.0 Å². The van der Waals surface area contributed by atoms with Gasteiger partial charge in [0.2, 0.25) is 5.82 Å². The van der Waals surface area contributed by atoms with Crippen LogP contribution in [-0.2, 0) is 4.74 Å². The van der Waals surface area contributed by atoms with Crippen molar-refractivity contribution in [3.05, 3.63) is 0 Å². The van der Waals surface area contributed by atoms with Crippen LogP contribution in [0.4, 0.5) is 5.82 Å². The molecule has 0 radical (unpaired) electrons. The van der Waals surface area contributed by atoms with Crippen molar-refractivity contribution >= 4 is 17.5 Å². The lowest BCUT2D eigenvalue weighted by Gasteiger charge is -2.26. The van der Waals surface area contributed by atoms with Gasteiger partial charge in [-0.05, 0) is 0 Å². The number of aromatic nitrogens is 2. The van der Waals surface area contributed by atoms with Crippen molar-refractivity contribution in [3.63, 3.8) is 0 Å². The SMILES string of the molecule is CC(C)NCC(O)COc1nsnc1N1CCOCC1. The zero-order valence-corrected chi connectivity index (χ0v) is 12.7. The van der Waals surface area contributed by atoms with Crippen molar-refractivity contribution in [2.75, 3.05) is 44.4 Å². The van der Waals surface area contributed by atoms with Crippen LogP contribution < -0.4 is 15.0 Å². The van der Waals surface area contributed by atoms with Crippen molar-refractivity contribution in [1.29, 1.82) is 0 Å². The van der Waals surface area contributed by atoms with Gasteiger partial charge in [-0.25, -0.2) is 0 Å². The van der Waals surface area contributed by atoms with Crippen LogP contribution in [-0.4, -0.2) is 65.5 Å². The van der Waals surface area contributed by atoms with Gasteiger partial charge in [0.1, 0.15) is 12.7 Å². The molecule has 1 unspecified atom stereocenters. The van der Waals surface area contributed by atoms with E-state index in [0.717, 1.165) is 30.6 Å². The first-order valence-electron chi connectivity index (χ1n) is 6.86. The highest BCUT2D eigenvalue weighted by molar-refractivity contribution is 6.99. The number of aliphatic hydroxyl groups excluding tert-OH is 1. The first-order valence-corrected chi connectivity index (χ1v) is 7.59. The number of aliphatic hydroxyl groups is 1. The second-order valence-corrected chi connectivity index (χ2v) is 5.55. The van der Waals surface area contributed by atoms with Crippen LogP contribution in [0.15, 0.2) is 0 Å². The Morgan fingerprint density at radius 3 is 2.85 bits per heavy atom. The van der Waals surface area contributed by atoms with E-state index < -0.39 is 6.10 Å². The van der Waals surface area contributed by atoms with Gasteiger partial charge < -0.3 is 24.8 Å². The van der Waals surface area contributed by atoms with Gasteiger partial charge >= 0.3 is 0 Å². The molecule has 0 bridgehead atoms. The van der Waals surface area contributed by atoms with Crippen molar-refractivity contribution < 1.29 is 14.6 Å². The fourth-order valence-electron chi connectivity index (χ4n) is 1.84. The summed E-state index contributed by atoms with van der Waals surface area (Å²) in [5.41, 5.74) is 0. The topological polar surface area (TPSA) is 79.7 Å². The van der Waals surface area contributed by atoms with E-state index in [1.165, 1.54) is 0 Å². The van der Waals surface area contributed by atoms with Gasteiger partial charge in [-0.1, -0.05) is 13.8 Å². The van der Waals surface area contributed by atoms with E-state index >= 15 is 0 Å². The van der Waals surface area contributed by atoms with Gasteiger partial charge in [0.25, 0.3) is 5.88 Å². The van der Waals surface area contributed by atoms with Crippen LogP contribution in [0, 0.1) is 0 Å². The minimum Gasteiger partial charge on any atom is -0.472 e. The molecule has 0 amide bonds. The second-order valence-electron chi connectivity index (χ2n) is 5.02. The van der Waals surface area contributed by atoms with E-state index in [4.69, 9.17) is 9.47 Å². The van der Waals surface area contributed by atoms with E-state index in [2.05, 4.69) is 19.0 Å². The zero-order chi connectivity index (χ0) is 14.4. The summed E-state index contributed by atoms with van der Waals surface area (Å²) in [7, 11) is 0. The lowest BCUT2D eigenvalue weighted by atomic mass is 10.3. The predicted octanol–water partition coefficient (Wildman–Crippen LogP) is 0.112. The first kappa shape index (κ1) is 15.4. The van der Waals surface area contributed by atoms with Gasteiger partial charge in [-0.3, -0.25) is 0 Å². The van der Waals surface area contributed by atoms with Crippen LogP contribution in [0.3, 0.4) is 0 Å². The third-order valence-electron chi connectivity index (χ3n) is 2.93. The molecule has 7 nitrogen and oxygen atoms in total. The molecular formula is C12H22N4O3S. The smallest absolute Gasteiger partial charge is 0.270 e. The molecule has 0 aliphatic carbocycles. The largest absolute Gasteiger partial charge is 0.472 e. The lowest BCUT2D eigenvalue weighted by Crippen LogP contribution is -2.37. The van der Waals surface area contributed by atoms with Crippen molar-refractivity contribution in [2.24, 2.45) is 0 Å². The van der Waals surface area contributed by atoms with Crippen molar-refractivity contribution in [1.82, 2.24) is 14.1 Å². The summed E-state index contributed by atoms with van der Waals surface area (Å²) in [4.78, 5) is 2.10. The Morgan fingerprint density at radius 2 is 2.15 bits per heavy atom. The summed E-state index contributed by atoms with van der Waals surface area (Å²) in [5, 5.41) is 13.0. The van der Waals surface area contributed by atoms with Gasteiger partial charge in [0, 0.05) is 25.7 Å². The fourth-order valence-corrected chi connectivity index (χ4v) is 2.36. The number of nitrogens with one attached hydrogen (secondary N) is 1. The number of hydrogen-bond acceptors (Lipinski definition) is 8. The Bertz CT molecular complexity index is 396. The Morgan fingerprint density at radius 1 is 1.40 bits per heavy atom. The van der Waals surface area contributed by atoms with E-state index in [1.807, 2.05) is 13.8 Å². The number of nitrogens with zero attached hydrogens (tertiary/aromatic N) is 3. The van der Waals surface area contributed by atoms with E-state index in [9.17, 15) is 5.11 Å². The highest BCUT2D eigenvalue weighted by Gasteiger charge is 2.20. The molecule has 20 heavy (non-hydrogen) atoms. The van der Waals surface area contributed by atoms with E-state index in [0.29, 0.717) is 31.7 Å². The number of hydrogen-bond donors (Lipinski definition) is 2. The molecule has 0 aromatic carbocycles.